The van der Waals surface area contributed by atoms with E-state index in [-0.39, 0.29) is 11.5 Å². The van der Waals surface area contributed by atoms with Gasteiger partial charge in [-0.15, -0.1) is 0 Å². The second-order valence-corrected chi connectivity index (χ2v) is 7.37. The average Bonchev–Trinajstić information content (AvgIpc) is 3.16. The van der Waals surface area contributed by atoms with Gasteiger partial charge in [0.15, 0.2) is 5.78 Å². The van der Waals surface area contributed by atoms with Crippen LogP contribution in [-0.4, -0.2) is 32.1 Å². The molecule has 4 aromatic rings. The maximum atomic E-state index is 12.9. The van der Waals surface area contributed by atoms with E-state index in [0.717, 1.165) is 10.4 Å². The fraction of sp³-hybridized carbons (Fsp3) is 0.0435. The van der Waals surface area contributed by atoms with Gasteiger partial charge in [0.05, 0.1) is 16.9 Å². The maximum absolute atomic E-state index is 12.9. The van der Waals surface area contributed by atoms with Crippen LogP contribution in [0.2, 0.25) is 0 Å². The van der Waals surface area contributed by atoms with Crippen LogP contribution in [0.1, 0.15) is 21.6 Å². The summed E-state index contributed by atoms with van der Waals surface area (Å²) in [5, 5.41) is 1.86. The molecule has 0 aliphatic rings. The lowest BCUT2D eigenvalue weighted by atomic mass is 10.0. The molecular formula is C23H17N2O5S. The van der Waals surface area contributed by atoms with Gasteiger partial charge in [0.2, 0.25) is 0 Å². The van der Waals surface area contributed by atoms with E-state index in [4.69, 9.17) is 4.28 Å². The van der Waals surface area contributed by atoms with Gasteiger partial charge in [0, 0.05) is 29.2 Å². The van der Waals surface area contributed by atoms with E-state index >= 15 is 0 Å². The van der Waals surface area contributed by atoms with E-state index in [1.807, 2.05) is 12.4 Å². The minimum atomic E-state index is -3.07. The van der Waals surface area contributed by atoms with Gasteiger partial charge in [-0.25, -0.2) is 13.5 Å². The van der Waals surface area contributed by atoms with Crippen LogP contribution in [-0.2, 0) is 20.1 Å². The summed E-state index contributed by atoms with van der Waals surface area (Å²) in [7, 11) is -1.61. The molecule has 0 N–H and O–H groups in total. The second-order valence-electron chi connectivity index (χ2n) is 6.76. The van der Waals surface area contributed by atoms with E-state index in [1.165, 1.54) is 7.05 Å². The summed E-state index contributed by atoms with van der Waals surface area (Å²) in [5.74, 6) is -0.136. The monoisotopic (exact) mass is 433 g/mol. The Labute approximate surface area is 180 Å². The molecule has 3 aromatic carbocycles. The highest BCUT2D eigenvalue weighted by atomic mass is 32.2. The van der Waals surface area contributed by atoms with Crippen molar-refractivity contribution < 1.29 is 22.3 Å². The van der Waals surface area contributed by atoms with Crippen LogP contribution in [0.4, 0.5) is 5.69 Å². The molecule has 0 aliphatic carbocycles. The molecule has 0 saturated heterocycles. The van der Waals surface area contributed by atoms with Crippen LogP contribution in [0, 0.1) is 0 Å². The topological polar surface area (TPSA) is 85.7 Å². The standard InChI is InChI=1S/C23H17N2O5S/c1-24(30-31(28)29)19-11-10-17-12-21(15-26)25(22(17)14-19)20-9-5-8-18(13-20)23(27)16-6-3-2-4-7-16/h2-14,31H,1H3. The number of benzene rings is 3. The zero-order chi connectivity index (χ0) is 22.0. The molecule has 1 radical (unpaired) electrons. The van der Waals surface area contributed by atoms with Gasteiger partial charge in [-0.2, -0.15) is 4.28 Å². The Morgan fingerprint density at radius 2 is 1.68 bits per heavy atom. The summed E-state index contributed by atoms with van der Waals surface area (Å²) in [4.78, 5) is 24.5. The first-order valence-electron chi connectivity index (χ1n) is 9.28. The van der Waals surface area contributed by atoms with E-state index in [9.17, 15) is 18.0 Å². The number of aromatic nitrogens is 1. The van der Waals surface area contributed by atoms with Gasteiger partial charge in [-0.3, -0.25) is 9.59 Å². The van der Waals surface area contributed by atoms with Crippen LogP contribution < -0.4 is 5.06 Å². The van der Waals surface area contributed by atoms with Crippen LogP contribution in [0.5, 0.6) is 0 Å². The van der Waals surface area contributed by atoms with Gasteiger partial charge in [-0.05, 0) is 30.3 Å². The number of anilines is 1. The first kappa shape index (κ1) is 20.5. The molecule has 4 rings (SSSR count). The molecule has 31 heavy (non-hydrogen) atoms. The van der Waals surface area contributed by atoms with E-state index < -0.39 is 11.0 Å². The van der Waals surface area contributed by atoms with Crippen molar-refractivity contribution in [3.05, 3.63) is 95.7 Å². The molecule has 1 heterocycles. The molecule has 0 amide bonds. The number of fused-ring (bicyclic) bond motifs is 1. The Bertz CT molecular complexity index is 1350. The molecule has 0 bridgehead atoms. The number of thiol groups is 1. The summed E-state index contributed by atoms with van der Waals surface area (Å²) in [6, 6.07) is 22.7. The first-order valence-corrected chi connectivity index (χ1v) is 10.4. The minimum absolute atomic E-state index is 0.136. The van der Waals surface area contributed by atoms with E-state index in [2.05, 4.69) is 0 Å². The summed E-state index contributed by atoms with van der Waals surface area (Å²) < 4.78 is 28.2. The lowest BCUT2D eigenvalue weighted by Crippen LogP contribution is -2.16. The molecule has 0 saturated carbocycles. The number of carbonyl (C=O) groups excluding carboxylic acids is 2. The highest BCUT2D eigenvalue weighted by molar-refractivity contribution is 7.67. The van der Waals surface area contributed by atoms with Crippen LogP contribution >= 0.6 is 0 Å². The first-order chi connectivity index (χ1) is 15.0. The minimum Gasteiger partial charge on any atom is -0.306 e. The quantitative estimate of drug-likeness (QED) is 0.274. The average molecular weight is 433 g/mol. The van der Waals surface area contributed by atoms with Gasteiger partial charge in [-0.1, -0.05) is 48.5 Å². The number of ketones is 1. The van der Waals surface area contributed by atoms with E-state index in [0.29, 0.717) is 28.0 Å². The number of hydrogen-bond acceptors (Lipinski definition) is 6. The predicted molar refractivity (Wildman–Crippen MR) is 118 cm³/mol. The summed E-state index contributed by atoms with van der Waals surface area (Å²) in [6.07, 6.45) is 1.93. The maximum Gasteiger partial charge on any atom is 0.277 e. The smallest absolute Gasteiger partial charge is 0.277 e. The molecule has 7 nitrogen and oxygen atoms in total. The highest BCUT2D eigenvalue weighted by Crippen LogP contribution is 2.28. The Kier molecular flexibility index (Phi) is 5.66. The third kappa shape index (κ3) is 4.11. The van der Waals surface area contributed by atoms with Crippen molar-refractivity contribution in [2.24, 2.45) is 0 Å². The van der Waals surface area contributed by atoms with Gasteiger partial charge >= 0.3 is 0 Å². The third-order valence-electron chi connectivity index (χ3n) is 4.85. The van der Waals surface area contributed by atoms with Crippen LogP contribution in [0.15, 0.2) is 78.9 Å². The van der Waals surface area contributed by atoms with Crippen molar-refractivity contribution >= 4 is 39.6 Å². The van der Waals surface area contributed by atoms with Gasteiger partial charge in [0.25, 0.3) is 17.3 Å². The van der Waals surface area contributed by atoms with Crippen molar-refractivity contribution in [1.82, 2.24) is 4.57 Å². The van der Waals surface area contributed by atoms with Gasteiger partial charge in [0.1, 0.15) is 0 Å². The second kappa shape index (κ2) is 8.55. The predicted octanol–water partition coefficient (Wildman–Crippen LogP) is 3.21. The Morgan fingerprint density at radius 1 is 0.935 bits per heavy atom. The summed E-state index contributed by atoms with van der Waals surface area (Å²) in [6.45, 7) is 0. The number of hydrogen-bond donors (Lipinski definition) is 1. The number of rotatable bonds is 7. The zero-order valence-electron chi connectivity index (χ0n) is 16.4. The SMILES string of the molecule is CN(O[SH](=O)=O)c1ccc2cc([C]=O)n(-c3cccc(C(=O)c4ccccc4)c3)c2c1. The van der Waals surface area contributed by atoms with Gasteiger partial charge < -0.3 is 4.57 Å². The molecule has 0 spiro atoms. The van der Waals surface area contributed by atoms with Crippen molar-refractivity contribution in [3.8, 4) is 5.69 Å². The molecule has 0 fully saturated rings. The lowest BCUT2D eigenvalue weighted by molar-refractivity contribution is 0.103. The zero-order valence-corrected chi connectivity index (χ0v) is 17.3. The Hall–Kier alpha value is -3.75. The molecule has 8 heteroatoms. The molecular weight excluding hydrogens is 416 g/mol. The lowest BCUT2D eigenvalue weighted by Gasteiger charge is -2.15. The van der Waals surface area contributed by atoms with Crippen LogP contribution in [0.25, 0.3) is 16.6 Å². The molecule has 0 atom stereocenters. The largest absolute Gasteiger partial charge is 0.306 e. The fourth-order valence-electron chi connectivity index (χ4n) is 3.43. The number of hydroxylamine groups is 1. The molecule has 0 unspecified atom stereocenters. The summed E-state index contributed by atoms with van der Waals surface area (Å²) in [5.41, 5.74) is 3.02. The van der Waals surface area contributed by atoms with Crippen molar-refractivity contribution in [1.29, 1.82) is 0 Å². The molecule has 1 aromatic heterocycles. The van der Waals surface area contributed by atoms with Crippen molar-refractivity contribution in [3.63, 3.8) is 0 Å². The van der Waals surface area contributed by atoms with E-state index in [1.54, 1.807) is 77.4 Å². The molecule has 0 aliphatic heterocycles. The Morgan fingerprint density at radius 3 is 2.39 bits per heavy atom. The Balaban J connectivity index is 1.83. The molecule has 155 valence electrons. The highest BCUT2D eigenvalue weighted by Gasteiger charge is 2.15. The van der Waals surface area contributed by atoms with Crippen LogP contribution in [0.3, 0.4) is 0 Å². The normalized spacial score (nSPS) is 11.0. The fourth-order valence-corrected chi connectivity index (χ4v) is 3.72. The summed E-state index contributed by atoms with van der Waals surface area (Å²) >= 11 is 0. The number of carbonyl (C=O) groups is 1. The van der Waals surface area contributed by atoms with Crippen molar-refractivity contribution in [2.75, 3.05) is 12.1 Å². The third-order valence-corrected chi connectivity index (χ3v) is 5.23. The van der Waals surface area contributed by atoms with Crippen molar-refractivity contribution in [2.45, 2.75) is 0 Å². The number of nitrogens with zero attached hydrogens (tertiary/aromatic N) is 2.